The van der Waals surface area contributed by atoms with Crippen LogP contribution in [0.25, 0.3) is 44.5 Å². The van der Waals surface area contributed by atoms with Crippen molar-refractivity contribution in [2.24, 2.45) is 11.3 Å². The summed E-state index contributed by atoms with van der Waals surface area (Å²) >= 11 is -1.95. The SMILES string of the molecule is CC(C)(C)Cc1cc(-c2[c-]ccc(C(C)(C)C)c2)nc[c]1[Ge]([CH3])([CH3])[CH3].CC(C)C(C)c1ccnc(-c2[c-]ccc3c2oc2ccccc23)c1.[Ir]. The second-order valence-corrected chi connectivity index (χ2v) is 27.7. The van der Waals surface area contributed by atoms with Gasteiger partial charge in [0.1, 0.15) is 5.58 Å². The summed E-state index contributed by atoms with van der Waals surface area (Å²) in [6, 6.07) is 31.9. The Kier molecular flexibility index (Phi) is 12.5. The minimum atomic E-state index is -1.95. The standard InChI is InChI=1S/C23H34GeN.C22H20NO.Ir/c1-22(2,3)15-18-14-21(25-16-20(18)24(7,8)9)17-11-10-12-19(13-17)23(4,5)6;1-14(2)15(3)16-11-12-23-20(13-16)19-9-6-8-18-17-7-4-5-10-21(17)24-22(18)19;/h10,12-14,16H,15H2,1-9H3;4-8,10-15H,1-3H3;/q2*-1;. The van der Waals surface area contributed by atoms with Crippen LogP contribution in [0, 0.1) is 23.5 Å². The molecule has 0 fully saturated rings. The summed E-state index contributed by atoms with van der Waals surface area (Å²) in [4.78, 5) is 9.43. The summed E-state index contributed by atoms with van der Waals surface area (Å²) in [6.07, 6.45) is 5.15. The van der Waals surface area contributed by atoms with Gasteiger partial charge in [0, 0.05) is 31.7 Å². The van der Waals surface area contributed by atoms with Crippen LogP contribution in [-0.4, -0.2) is 23.2 Å². The molecule has 3 aromatic carbocycles. The van der Waals surface area contributed by atoms with E-state index in [1.165, 1.54) is 21.1 Å². The fraction of sp³-hybridized carbons (Fsp3) is 0.378. The minimum Gasteiger partial charge on any atom is -0.501 e. The molecule has 50 heavy (non-hydrogen) atoms. The van der Waals surface area contributed by atoms with Gasteiger partial charge in [0.25, 0.3) is 0 Å². The molecule has 0 spiro atoms. The van der Waals surface area contributed by atoms with Crippen LogP contribution < -0.4 is 4.40 Å². The molecule has 5 heteroatoms. The molecule has 0 saturated heterocycles. The monoisotopic (exact) mass is 905 g/mol. The Hall–Kier alpha value is -3.05. The molecular formula is C45H54GeIrN2O-2. The molecule has 1 atom stereocenters. The smallest absolute Gasteiger partial charge is 0.120 e. The molecule has 3 nitrogen and oxygen atoms in total. The zero-order chi connectivity index (χ0) is 35.7. The fourth-order valence-corrected chi connectivity index (χ4v) is 9.56. The number of nitrogens with zero attached hydrogens (tertiary/aromatic N) is 2. The average molecular weight is 904 g/mol. The van der Waals surface area contributed by atoms with E-state index >= 15 is 0 Å². The molecule has 1 radical (unpaired) electrons. The number of benzene rings is 3. The number of rotatable bonds is 6. The van der Waals surface area contributed by atoms with Gasteiger partial charge in [-0.25, -0.2) is 0 Å². The summed E-state index contributed by atoms with van der Waals surface area (Å²) in [5.41, 5.74) is 10.3. The van der Waals surface area contributed by atoms with Gasteiger partial charge in [-0.15, -0.1) is 18.2 Å². The van der Waals surface area contributed by atoms with E-state index in [1.54, 1.807) is 0 Å². The molecular weight excluding hydrogens is 849 g/mol. The van der Waals surface area contributed by atoms with E-state index < -0.39 is 13.3 Å². The molecule has 0 aliphatic carbocycles. The van der Waals surface area contributed by atoms with Gasteiger partial charge in [-0.05, 0) is 29.7 Å². The third-order valence-corrected chi connectivity index (χ3v) is 13.7. The minimum absolute atomic E-state index is 0. The summed E-state index contributed by atoms with van der Waals surface area (Å²) in [7, 11) is 0. The third kappa shape index (κ3) is 9.43. The first-order chi connectivity index (χ1) is 22.9. The Labute approximate surface area is 317 Å². The number of pyridine rings is 2. The van der Waals surface area contributed by atoms with Crippen LogP contribution in [0.15, 0.2) is 89.6 Å². The fourth-order valence-electron chi connectivity index (χ4n) is 6.25. The van der Waals surface area contributed by atoms with Crippen LogP contribution in [0.5, 0.6) is 0 Å². The summed E-state index contributed by atoms with van der Waals surface area (Å²) in [6.45, 7) is 20.5. The van der Waals surface area contributed by atoms with Crippen molar-refractivity contribution in [3.63, 3.8) is 0 Å². The topological polar surface area (TPSA) is 38.9 Å². The molecule has 6 rings (SSSR count). The molecule has 265 valence electrons. The number of para-hydroxylation sites is 1. The second-order valence-electron chi connectivity index (χ2n) is 17.2. The summed E-state index contributed by atoms with van der Waals surface area (Å²) in [5, 5.41) is 2.25. The molecule has 3 heterocycles. The Morgan fingerprint density at radius 3 is 2.14 bits per heavy atom. The maximum absolute atomic E-state index is 6.11. The van der Waals surface area contributed by atoms with Crippen molar-refractivity contribution in [1.29, 1.82) is 0 Å². The van der Waals surface area contributed by atoms with Gasteiger partial charge in [-0.3, -0.25) is 0 Å². The molecule has 0 amide bonds. The number of furan rings is 1. The van der Waals surface area contributed by atoms with E-state index in [-0.39, 0.29) is 30.9 Å². The average Bonchev–Trinajstić information content (AvgIpc) is 3.42. The molecule has 1 unspecified atom stereocenters. The van der Waals surface area contributed by atoms with Gasteiger partial charge >= 0.3 is 158 Å². The van der Waals surface area contributed by atoms with Crippen LogP contribution >= 0.6 is 0 Å². The molecule has 3 aromatic heterocycles. The van der Waals surface area contributed by atoms with Gasteiger partial charge in [0.05, 0.1) is 5.58 Å². The molecule has 0 aliphatic heterocycles. The number of hydrogen-bond donors (Lipinski definition) is 0. The van der Waals surface area contributed by atoms with Crippen molar-refractivity contribution in [3.05, 3.63) is 114 Å². The number of fused-ring (bicyclic) bond motifs is 3. The Bertz CT molecular complexity index is 2060. The molecule has 6 aromatic rings. The summed E-state index contributed by atoms with van der Waals surface area (Å²) in [5.74, 6) is 8.44. The van der Waals surface area contributed by atoms with Crippen molar-refractivity contribution in [3.8, 4) is 22.5 Å². The predicted octanol–water partition coefficient (Wildman–Crippen LogP) is 12.2. The van der Waals surface area contributed by atoms with Crippen LogP contribution in [0.2, 0.25) is 17.3 Å². The van der Waals surface area contributed by atoms with Crippen molar-refractivity contribution in [1.82, 2.24) is 9.97 Å². The predicted molar refractivity (Wildman–Crippen MR) is 212 cm³/mol. The van der Waals surface area contributed by atoms with Crippen LogP contribution in [-0.2, 0) is 31.9 Å². The van der Waals surface area contributed by atoms with Crippen molar-refractivity contribution >= 4 is 39.6 Å². The first kappa shape index (κ1) is 39.7. The van der Waals surface area contributed by atoms with Gasteiger partial charge in [0.2, 0.25) is 0 Å². The van der Waals surface area contributed by atoms with Crippen LogP contribution in [0.1, 0.15) is 84.9 Å². The van der Waals surface area contributed by atoms with E-state index in [9.17, 15) is 0 Å². The van der Waals surface area contributed by atoms with Gasteiger partial charge in [-0.1, -0.05) is 61.5 Å². The van der Waals surface area contributed by atoms with Gasteiger partial charge in [-0.2, -0.15) is 0 Å². The number of hydrogen-bond acceptors (Lipinski definition) is 3. The Balaban J connectivity index is 0.000000220. The quantitative estimate of drug-likeness (QED) is 0.123. The molecule has 0 aliphatic rings. The summed E-state index contributed by atoms with van der Waals surface area (Å²) < 4.78 is 7.65. The van der Waals surface area contributed by atoms with Crippen molar-refractivity contribution in [2.45, 2.75) is 97.3 Å². The van der Waals surface area contributed by atoms with E-state index in [4.69, 9.17) is 9.40 Å². The molecule has 0 saturated carbocycles. The zero-order valence-electron chi connectivity index (χ0n) is 32.1. The van der Waals surface area contributed by atoms with Crippen molar-refractivity contribution < 1.29 is 24.5 Å². The first-order valence-corrected chi connectivity index (χ1v) is 25.1. The molecule has 0 bridgehead atoms. The number of aromatic nitrogens is 2. The van der Waals surface area contributed by atoms with E-state index in [0.29, 0.717) is 11.8 Å². The van der Waals surface area contributed by atoms with Crippen LogP contribution in [0.4, 0.5) is 0 Å². The Morgan fingerprint density at radius 2 is 1.48 bits per heavy atom. The zero-order valence-corrected chi connectivity index (χ0v) is 36.6. The van der Waals surface area contributed by atoms with Crippen molar-refractivity contribution in [2.75, 3.05) is 0 Å². The largest absolute Gasteiger partial charge is 0.501 e. The van der Waals surface area contributed by atoms with E-state index in [2.05, 4.69) is 145 Å². The van der Waals surface area contributed by atoms with Gasteiger partial charge in [0.15, 0.2) is 0 Å². The second kappa shape index (κ2) is 15.7. The van der Waals surface area contributed by atoms with Gasteiger partial charge < -0.3 is 9.40 Å². The maximum Gasteiger partial charge on any atom is 0.120 e. The van der Waals surface area contributed by atoms with E-state index in [0.717, 1.165) is 50.9 Å². The Morgan fingerprint density at radius 1 is 0.780 bits per heavy atom. The van der Waals surface area contributed by atoms with Crippen LogP contribution in [0.3, 0.4) is 0 Å². The maximum atomic E-state index is 6.11. The third-order valence-electron chi connectivity index (χ3n) is 9.37. The molecule has 0 N–H and O–H groups in total. The first-order valence-electron chi connectivity index (χ1n) is 17.7. The normalized spacial score (nSPS) is 12.8. The van der Waals surface area contributed by atoms with E-state index in [1.807, 2.05) is 36.5 Å².